The molecule has 9 amide bonds. The Morgan fingerprint density at radius 2 is 0.658 bits per heavy atom. The van der Waals surface area contributed by atoms with Crippen molar-refractivity contribution in [3.8, 4) is 0 Å². The number of rotatable bonds is 23. The quantitative estimate of drug-likeness (QED) is 0.0603. The molecule has 114 heavy (non-hydrogen) atoms. The number of hydrogen-bond donors (Lipinski definition) is 3. The molecule has 0 atom stereocenters. The monoisotopic (exact) mass is 1560 g/mol. The van der Waals surface area contributed by atoms with Gasteiger partial charge in [-0.05, 0) is 284 Å². The summed E-state index contributed by atoms with van der Waals surface area (Å²) < 4.78 is 0. The summed E-state index contributed by atoms with van der Waals surface area (Å²) in [4.78, 5) is 92.7. The Hall–Kier alpha value is -7.28. The molecule has 0 radical (unpaired) electrons. The first-order valence-electron chi connectivity index (χ1n) is 43.7. The molecule has 12 fully saturated rings. The van der Waals surface area contributed by atoms with Gasteiger partial charge in [-0.25, -0.2) is 25.8 Å². The lowest BCUT2D eigenvalue weighted by Crippen LogP contribution is -2.55. The van der Waals surface area contributed by atoms with Gasteiger partial charge in [-0.3, -0.25) is 24.4 Å². The van der Waals surface area contributed by atoms with E-state index >= 15 is 0 Å². The second-order valence-corrected chi connectivity index (χ2v) is 40.5. The molecule has 20 heteroatoms. The number of amides is 9. The van der Waals surface area contributed by atoms with Gasteiger partial charge in [0.05, 0.1) is 34.1 Å². The molecule has 5 N–H and O–H groups in total. The smallest absolute Gasteiger partial charge is 0.320 e. The van der Waals surface area contributed by atoms with E-state index in [0.717, 1.165) is 154 Å². The number of nitrogens with zero attached hydrogens (tertiary/aromatic N) is 12. The van der Waals surface area contributed by atoms with Crippen LogP contribution in [0.25, 0.3) is 4.85 Å². The summed E-state index contributed by atoms with van der Waals surface area (Å²) in [6, 6.07) is 44.1. The lowest BCUT2D eigenvalue weighted by Gasteiger charge is -2.51. The maximum absolute atomic E-state index is 13.5. The first-order valence-corrected chi connectivity index (χ1v) is 43.7. The van der Waals surface area contributed by atoms with Gasteiger partial charge < -0.3 is 55.9 Å². The summed E-state index contributed by atoms with van der Waals surface area (Å²) in [7, 11) is 17.5. The molecule has 8 saturated carbocycles. The number of benzene rings is 4. The van der Waals surface area contributed by atoms with Gasteiger partial charge in [0.25, 0.3) is 0 Å². The van der Waals surface area contributed by atoms with Crippen molar-refractivity contribution in [3.63, 3.8) is 0 Å². The summed E-state index contributed by atoms with van der Waals surface area (Å²) in [5.74, 6) is 2.42. The van der Waals surface area contributed by atoms with Crippen molar-refractivity contribution in [1.29, 1.82) is 0 Å². The predicted molar refractivity (Wildman–Crippen MR) is 456 cm³/mol. The molecule has 4 heterocycles. The maximum atomic E-state index is 13.5. The van der Waals surface area contributed by atoms with E-state index in [2.05, 4.69) is 227 Å². The fraction of sp³-hybridized carbons (Fsp3) is 0.681. The molecular weight excluding hydrogens is 1420 g/mol. The zero-order valence-electron chi connectivity index (χ0n) is 72.2. The topological polar surface area (TPSA) is 189 Å². The number of urea groups is 4. The van der Waals surface area contributed by atoms with Crippen molar-refractivity contribution >= 4 is 30.0 Å². The van der Waals surface area contributed by atoms with Crippen LogP contribution in [0.15, 0.2) is 121 Å². The van der Waals surface area contributed by atoms with E-state index < -0.39 is 11.0 Å². The standard InChI is InChI=1S/C25H38N4O2.C25H36N4O.C24H38N4O.C20H29N3O/c1-23(2,21(26)30)17-28-18-24(29(22(28)31)16-19-10-11-19)12-14-25(15-13-24,27(3)4)20-8-6-5-7-9-20;1-23(2,26-3)18-28-19-24(29(22(28)30)17-20-11-12-20)13-15-25(16-14-24,27(4)5)21-9-7-6-8-10-21;1-22(2,25)17-27-18-23(28(21(27)29)16-19-10-11-19)12-14-24(15-13-23,26(3)4)20-8-6-5-7-9-20;1-22(2)20(17-6-4-3-5-7-17)12-10-19(11-13-20)15-21-18(24)23(19)14-16-8-9-16/h5-9,19H,10-18H2,1-4H3,(H2,26,30);6-10,20H,11-19H2,1-2,4-5H3;5-9,19H,10-18,25H2,1-4H3;3-7,16H,8-15H2,1-2H3,(H,21,24). The zero-order valence-corrected chi connectivity index (χ0v) is 72.2. The first-order chi connectivity index (χ1) is 54.0. The Morgan fingerprint density at radius 3 is 0.904 bits per heavy atom. The second kappa shape index (κ2) is 32.9. The molecule has 0 bridgehead atoms. The maximum Gasteiger partial charge on any atom is 0.320 e. The van der Waals surface area contributed by atoms with Crippen molar-refractivity contribution in [1.82, 2.24) is 59.2 Å². The van der Waals surface area contributed by atoms with Gasteiger partial charge in [-0.1, -0.05) is 121 Å². The van der Waals surface area contributed by atoms with Crippen LogP contribution < -0.4 is 16.8 Å². The van der Waals surface area contributed by atoms with Gasteiger partial charge in [-0.15, -0.1) is 0 Å². The van der Waals surface area contributed by atoms with Gasteiger partial charge in [0, 0.05) is 107 Å². The molecule has 12 aliphatic rings. The van der Waals surface area contributed by atoms with Crippen LogP contribution in [0.1, 0.15) is 218 Å². The number of nitrogens with one attached hydrogen (secondary N) is 1. The number of hydrogen-bond acceptors (Lipinski definition) is 10. The number of nitrogens with two attached hydrogens (primary N) is 2. The lowest BCUT2D eigenvalue weighted by molar-refractivity contribution is -0.126. The van der Waals surface area contributed by atoms with Gasteiger partial charge in [0.2, 0.25) is 11.4 Å². The summed E-state index contributed by atoms with van der Waals surface area (Å²) in [6.45, 7) is 27.4. The molecule has 8 aliphatic carbocycles. The first kappa shape index (κ1) is 84.6. The minimum Gasteiger partial charge on any atom is -0.369 e. The van der Waals surface area contributed by atoms with E-state index in [0.29, 0.717) is 43.9 Å². The van der Waals surface area contributed by atoms with Crippen molar-refractivity contribution < 1.29 is 24.0 Å². The molecule has 4 saturated heterocycles. The van der Waals surface area contributed by atoms with E-state index in [1.807, 2.05) is 56.2 Å². The summed E-state index contributed by atoms with van der Waals surface area (Å²) in [5, 5.41) is 3.13. The van der Waals surface area contributed by atoms with Crippen LogP contribution >= 0.6 is 0 Å². The van der Waals surface area contributed by atoms with E-state index in [1.54, 1.807) is 0 Å². The number of primary amides is 1. The van der Waals surface area contributed by atoms with Gasteiger partial charge in [0.15, 0.2) is 0 Å². The molecule has 4 spiro atoms. The molecule has 4 aromatic carbocycles. The van der Waals surface area contributed by atoms with Crippen LogP contribution in [0.2, 0.25) is 0 Å². The lowest BCUT2D eigenvalue weighted by atomic mass is 9.68. The molecule has 16 rings (SSSR count). The largest absolute Gasteiger partial charge is 0.369 e. The third-order valence-electron chi connectivity index (χ3n) is 30.0. The van der Waals surface area contributed by atoms with E-state index in [-0.39, 0.29) is 79.9 Å². The highest BCUT2D eigenvalue weighted by Gasteiger charge is 2.61. The Morgan fingerprint density at radius 1 is 0.404 bits per heavy atom. The number of carbonyl (C=O) groups is 5. The van der Waals surface area contributed by atoms with E-state index in [1.165, 1.54) is 73.6 Å². The van der Waals surface area contributed by atoms with Gasteiger partial charge >= 0.3 is 24.1 Å². The average Bonchev–Trinajstić information content (AvgIpc) is 1.09. The molecule has 0 aromatic heterocycles. The Balaban J connectivity index is 0.000000133. The Labute approximate surface area is 684 Å². The average molecular weight is 1560 g/mol. The van der Waals surface area contributed by atoms with Crippen LogP contribution in [-0.2, 0) is 27.0 Å². The molecule has 4 aromatic rings. The van der Waals surface area contributed by atoms with Gasteiger partial charge in [0.1, 0.15) is 0 Å². The molecule has 4 aliphatic heterocycles. The van der Waals surface area contributed by atoms with E-state index in [9.17, 15) is 24.0 Å². The fourth-order valence-corrected chi connectivity index (χ4v) is 21.8. The van der Waals surface area contributed by atoms with Crippen molar-refractivity contribution in [2.45, 2.75) is 251 Å². The summed E-state index contributed by atoms with van der Waals surface area (Å²) in [6.07, 6.45) is 26.9. The van der Waals surface area contributed by atoms with Crippen LogP contribution in [0.3, 0.4) is 0 Å². The zero-order chi connectivity index (χ0) is 81.7. The third-order valence-corrected chi connectivity index (χ3v) is 30.0. The summed E-state index contributed by atoms with van der Waals surface area (Å²) >= 11 is 0. The highest BCUT2D eigenvalue weighted by atomic mass is 16.2. The minimum atomic E-state index is -0.724. The highest BCUT2D eigenvalue weighted by molar-refractivity contribution is 5.83. The minimum absolute atomic E-state index is 0.000718. The van der Waals surface area contributed by atoms with Crippen LogP contribution in [0.4, 0.5) is 19.2 Å². The van der Waals surface area contributed by atoms with Crippen molar-refractivity contribution in [2.24, 2.45) is 40.6 Å². The van der Waals surface area contributed by atoms with Crippen molar-refractivity contribution in [2.75, 3.05) is 128 Å². The third kappa shape index (κ3) is 17.5. The molecule has 0 unspecified atom stereocenters. The van der Waals surface area contributed by atoms with E-state index in [4.69, 9.17) is 18.0 Å². The molecule has 20 nitrogen and oxygen atoms in total. The SMILES string of the molecule is CN(C)C1(c2ccccc2)CCC2(CC1)CN(CC(C)(C)C(N)=O)C(=O)N2CC1CC1.CN(C)C1(c2ccccc2)CCC2(CC1)CN(CC(C)(C)N)C(=O)N2CC1CC1.CN(C)C1(c2ccccc2)CCC2(CC1)CNC(=O)N2CC1CC1.[C-]#[N+]C(C)(C)CN1CC2(CCC(c3ccccc3)(N(C)C)CC2)N(CC2CC2)C1=O. The van der Waals surface area contributed by atoms with Crippen molar-refractivity contribution in [3.05, 3.63) is 155 Å². The second-order valence-electron chi connectivity index (χ2n) is 40.5. The number of carbonyl (C=O) groups excluding carboxylic acids is 5. The fourth-order valence-electron chi connectivity index (χ4n) is 21.8. The Bertz CT molecular complexity index is 3990. The highest BCUT2D eigenvalue weighted by Crippen LogP contribution is 2.55. The Kier molecular flexibility index (Phi) is 24.4. The normalized spacial score (nSPS) is 30.6. The summed E-state index contributed by atoms with van der Waals surface area (Å²) in [5.41, 5.74) is 15.9. The van der Waals surface area contributed by atoms with Crippen LogP contribution in [-0.4, -0.2) is 246 Å². The van der Waals surface area contributed by atoms with Crippen LogP contribution in [0.5, 0.6) is 0 Å². The van der Waals surface area contributed by atoms with Crippen LogP contribution in [0, 0.1) is 35.7 Å². The van der Waals surface area contributed by atoms with Gasteiger partial charge in [-0.2, -0.15) is 0 Å². The molecular formula is C94H141N15O5. The molecule has 622 valence electrons. The predicted octanol–water partition coefficient (Wildman–Crippen LogP) is 14.8.